The number of non-ortho nitro benzene ring substituents is 1. The van der Waals surface area contributed by atoms with Gasteiger partial charge in [0.1, 0.15) is 16.3 Å². The van der Waals surface area contributed by atoms with Gasteiger partial charge in [0.15, 0.2) is 0 Å². The van der Waals surface area contributed by atoms with Crippen molar-refractivity contribution in [3.05, 3.63) is 73.2 Å². The Kier molecular flexibility index (Phi) is 6.36. The summed E-state index contributed by atoms with van der Waals surface area (Å²) in [4.78, 5) is 44.4. The van der Waals surface area contributed by atoms with Gasteiger partial charge in [0.25, 0.3) is 17.3 Å². The molecule has 0 aliphatic heterocycles. The number of carbonyl (C=O) groups excluding carboxylic acids is 2. The van der Waals surface area contributed by atoms with Crippen molar-refractivity contribution >= 4 is 45.9 Å². The maximum atomic E-state index is 12.4. The molecule has 2 N–H and O–H groups in total. The SMILES string of the molecule is O=C(Cc1nnc(NC(=O)c2ccc([N+](=O)[O-])cc2[N+](=O)[O-])s1)N/N=C\c1ccco1. The lowest BCUT2D eigenvalue weighted by Gasteiger charge is -2.02. The lowest BCUT2D eigenvalue weighted by Crippen LogP contribution is -2.19. The van der Waals surface area contributed by atoms with Gasteiger partial charge < -0.3 is 4.42 Å². The third kappa shape index (κ3) is 5.51. The van der Waals surface area contributed by atoms with Gasteiger partial charge in [-0.25, -0.2) is 5.43 Å². The highest BCUT2D eigenvalue weighted by atomic mass is 32.1. The highest BCUT2D eigenvalue weighted by molar-refractivity contribution is 7.15. The molecule has 0 radical (unpaired) electrons. The second-order valence-electron chi connectivity index (χ2n) is 5.66. The number of benzene rings is 1. The van der Waals surface area contributed by atoms with E-state index in [0.717, 1.165) is 23.5 Å². The second-order valence-corrected chi connectivity index (χ2v) is 6.72. The Morgan fingerprint density at radius 2 is 2.00 bits per heavy atom. The summed E-state index contributed by atoms with van der Waals surface area (Å²) >= 11 is 0.874. The van der Waals surface area contributed by atoms with E-state index in [-0.39, 0.29) is 16.6 Å². The largest absolute Gasteiger partial charge is 0.463 e. The fourth-order valence-corrected chi connectivity index (χ4v) is 2.96. The van der Waals surface area contributed by atoms with Gasteiger partial charge >= 0.3 is 0 Å². The molecule has 3 rings (SSSR count). The van der Waals surface area contributed by atoms with Crippen molar-refractivity contribution in [3.63, 3.8) is 0 Å². The lowest BCUT2D eigenvalue weighted by molar-refractivity contribution is -0.394. The zero-order valence-electron chi connectivity index (χ0n) is 15.3. The normalized spacial score (nSPS) is 10.7. The number of nitro benzene ring substituents is 2. The van der Waals surface area contributed by atoms with E-state index in [1.54, 1.807) is 12.1 Å². The maximum absolute atomic E-state index is 12.4. The van der Waals surface area contributed by atoms with E-state index in [2.05, 4.69) is 26.0 Å². The highest BCUT2D eigenvalue weighted by Crippen LogP contribution is 2.26. The van der Waals surface area contributed by atoms with E-state index in [0.29, 0.717) is 11.8 Å². The van der Waals surface area contributed by atoms with Crippen LogP contribution in [0.2, 0.25) is 0 Å². The van der Waals surface area contributed by atoms with Crippen LogP contribution in [0.25, 0.3) is 0 Å². The van der Waals surface area contributed by atoms with E-state index in [4.69, 9.17) is 4.42 Å². The smallest absolute Gasteiger partial charge is 0.289 e. The minimum atomic E-state index is -0.906. The molecule has 0 saturated heterocycles. The topological polar surface area (TPSA) is 196 Å². The van der Waals surface area contributed by atoms with Crippen molar-refractivity contribution in [1.29, 1.82) is 0 Å². The highest BCUT2D eigenvalue weighted by Gasteiger charge is 2.25. The Morgan fingerprint density at radius 1 is 1.19 bits per heavy atom. The molecule has 2 amide bonds. The van der Waals surface area contributed by atoms with Gasteiger partial charge in [-0.05, 0) is 18.2 Å². The van der Waals surface area contributed by atoms with E-state index in [1.807, 2.05) is 0 Å². The summed E-state index contributed by atoms with van der Waals surface area (Å²) in [6.45, 7) is 0. The van der Waals surface area contributed by atoms with Gasteiger partial charge in [-0.3, -0.25) is 35.1 Å². The standard InChI is InChI=1S/C16H11N7O7S/c24-13(19-17-8-10-2-1-5-30-10)7-14-20-21-16(31-14)18-15(25)11-4-3-9(22(26)27)6-12(11)23(28)29/h1-6,8H,7H2,(H,19,24)(H,18,21,25)/b17-8-. The molecule has 0 fully saturated rings. The number of nitrogens with one attached hydrogen (secondary N) is 2. The number of rotatable bonds is 8. The lowest BCUT2D eigenvalue weighted by atomic mass is 10.1. The van der Waals surface area contributed by atoms with Gasteiger partial charge in [-0.15, -0.1) is 10.2 Å². The minimum absolute atomic E-state index is 0.0143. The number of furan rings is 1. The van der Waals surface area contributed by atoms with Crippen LogP contribution in [0.1, 0.15) is 21.1 Å². The molecule has 0 aliphatic carbocycles. The second kappa shape index (κ2) is 9.31. The molecular weight excluding hydrogens is 434 g/mol. The predicted octanol–water partition coefficient (Wildman–Crippen LogP) is 1.89. The first kappa shape index (κ1) is 21.2. The Bertz CT molecular complexity index is 1170. The van der Waals surface area contributed by atoms with Crippen LogP contribution in [-0.4, -0.2) is 38.1 Å². The Hall–Kier alpha value is -4.53. The molecule has 0 bridgehead atoms. The van der Waals surface area contributed by atoms with Crippen LogP contribution in [0.5, 0.6) is 0 Å². The first-order valence-corrected chi connectivity index (χ1v) is 9.07. The summed E-state index contributed by atoms with van der Waals surface area (Å²) in [5.41, 5.74) is 0.623. The van der Waals surface area contributed by atoms with Crippen LogP contribution in [-0.2, 0) is 11.2 Å². The third-order valence-electron chi connectivity index (χ3n) is 3.56. The van der Waals surface area contributed by atoms with Crippen molar-refractivity contribution in [1.82, 2.24) is 15.6 Å². The number of hydrazone groups is 1. The number of anilines is 1. The molecule has 0 saturated carbocycles. The van der Waals surface area contributed by atoms with E-state index < -0.39 is 38.6 Å². The molecule has 2 aromatic heterocycles. The number of nitrogens with zero attached hydrogens (tertiary/aromatic N) is 5. The van der Waals surface area contributed by atoms with E-state index >= 15 is 0 Å². The molecule has 0 spiro atoms. The van der Waals surface area contributed by atoms with Crippen LogP contribution in [0.15, 0.2) is 46.1 Å². The molecule has 31 heavy (non-hydrogen) atoms. The number of hydrogen-bond acceptors (Lipinski definition) is 11. The summed E-state index contributed by atoms with van der Waals surface area (Å²) in [6, 6.07) is 5.93. The molecule has 158 valence electrons. The van der Waals surface area contributed by atoms with Gasteiger partial charge in [0.2, 0.25) is 11.0 Å². The molecule has 1 aromatic carbocycles. The van der Waals surface area contributed by atoms with Gasteiger partial charge in [-0.2, -0.15) is 5.10 Å². The zero-order valence-corrected chi connectivity index (χ0v) is 16.1. The average molecular weight is 445 g/mol. The van der Waals surface area contributed by atoms with Crippen LogP contribution >= 0.6 is 11.3 Å². The molecule has 0 aliphatic rings. The number of carbonyl (C=O) groups is 2. The van der Waals surface area contributed by atoms with Crippen molar-refractivity contribution in [2.75, 3.05) is 5.32 Å². The van der Waals surface area contributed by atoms with Crippen molar-refractivity contribution in [2.45, 2.75) is 6.42 Å². The number of amides is 2. The number of hydrogen-bond donors (Lipinski definition) is 2. The summed E-state index contributed by atoms with van der Waals surface area (Å²) in [7, 11) is 0. The predicted molar refractivity (Wildman–Crippen MR) is 106 cm³/mol. The Labute approximate surface area is 175 Å². The summed E-state index contributed by atoms with van der Waals surface area (Å²) in [5.74, 6) is -0.957. The maximum Gasteiger partial charge on any atom is 0.289 e. The summed E-state index contributed by atoms with van der Waals surface area (Å²) in [5, 5.41) is 35.7. The van der Waals surface area contributed by atoms with Crippen molar-refractivity contribution < 1.29 is 23.9 Å². The Morgan fingerprint density at radius 3 is 2.68 bits per heavy atom. The molecule has 3 aromatic rings. The first-order chi connectivity index (χ1) is 14.8. The fraction of sp³-hybridized carbons (Fsp3) is 0.0625. The minimum Gasteiger partial charge on any atom is -0.463 e. The first-order valence-electron chi connectivity index (χ1n) is 8.25. The number of nitro groups is 2. The van der Waals surface area contributed by atoms with E-state index in [9.17, 15) is 29.8 Å². The molecule has 0 atom stereocenters. The zero-order chi connectivity index (χ0) is 22.4. The van der Waals surface area contributed by atoms with Crippen LogP contribution < -0.4 is 10.7 Å². The molecule has 2 heterocycles. The fourth-order valence-electron chi connectivity index (χ4n) is 2.23. The van der Waals surface area contributed by atoms with Crippen LogP contribution in [0.4, 0.5) is 16.5 Å². The van der Waals surface area contributed by atoms with E-state index in [1.165, 1.54) is 12.5 Å². The molecule has 14 nitrogen and oxygen atoms in total. The van der Waals surface area contributed by atoms with Gasteiger partial charge in [-0.1, -0.05) is 11.3 Å². The molecule has 15 heteroatoms. The molecule has 0 unspecified atom stereocenters. The van der Waals surface area contributed by atoms with Crippen molar-refractivity contribution in [3.8, 4) is 0 Å². The van der Waals surface area contributed by atoms with Crippen molar-refractivity contribution in [2.24, 2.45) is 5.10 Å². The Balaban J connectivity index is 1.63. The third-order valence-corrected chi connectivity index (χ3v) is 4.40. The quantitative estimate of drug-likeness (QED) is 0.295. The average Bonchev–Trinajstić information content (AvgIpc) is 3.39. The van der Waals surface area contributed by atoms with Crippen LogP contribution in [0.3, 0.4) is 0 Å². The van der Waals surface area contributed by atoms with Crippen LogP contribution in [0, 0.1) is 20.2 Å². The monoisotopic (exact) mass is 445 g/mol. The number of aromatic nitrogens is 2. The van der Waals surface area contributed by atoms with Gasteiger partial charge in [0, 0.05) is 6.07 Å². The summed E-state index contributed by atoms with van der Waals surface area (Å²) < 4.78 is 5.02. The molecular formula is C16H11N7O7S. The van der Waals surface area contributed by atoms with Gasteiger partial charge in [0.05, 0.1) is 34.8 Å². The summed E-state index contributed by atoms with van der Waals surface area (Å²) in [6.07, 6.45) is 2.58.